The molecule has 6 aromatic rings. The van der Waals surface area contributed by atoms with Crippen LogP contribution in [0.2, 0.25) is 46.6 Å². The molecule has 65 heavy (non-hydrogen) atoms. The van der Waals surface area contributed by atoms with E-state index in [0.717, 1.165) is 33.2 Å². The number of rotatable bonds is 10. The number of hydrogen-bond acceptors (Lipinski definition) is 10. The quantitative estimate of drug-likeness (QED) is 0.0440. The summed E-state index contributed by atoms with van der Waals surface area (Å²) in [5.74, 6) is -1.06. The molecule has 2 aromatic carbocycles. The molecular weight excluding hydrogens is 921 g/mol. The van der Waals surface area contributed by atoms with Crippen molar-refractivity contribution in [1.29, 1.82) is 0 Å². The van der Waals surface area contributed by atoms with Crippen LogP contribution in [0.4, 0.5) is 5.69 Å². The lowest BCUT2D eigenvalue weighted by Gasteiger charge is -2.38. The third kappa shape index (κ3) is 15.0. The predicted molar refractivity (Wildman–Crippen MR) is 270 cm³/mol. The van der Waals surface area contributed by atoms with E-state index in [1.165, 1.54) is 30.6 Å². The molecule has 0 saturated carbocycles. The zero-order valence-corrected chi connectivity index (χ0v) is 43.8. The van der Waals surface area contributed by atoms with Crippen LogP contribution in [0.5, 0.6) is 0 Å². The van der Waals surface area contributed by atoms with Crippen LogP contribution in [-0.4, -0.2) is 59.6 Å². The van der Waals surface area contributed by atoms with Crippen LogP contribution in [0.3, 0.4) is 0 Å². The molecule has 0 saturated heterocycles. The van der Waals surface area contributed by atoms with Crippen LogP contribution < -0.4 is 11.3 Å². The lowest BCUT2D eigenvalue weighted by molar-refractivity contribution is 0.0696. The van der Waals surface area contributed by atoms with Crippen molar-refractivity contribution in [2.75, 3.05) is 12.8 Å². The van der Waals surface area contributed by atoms with Crippen molar-refractivity contribution in [2.24, 2.45) is 0 Å². The van der Waals surface area contributed by atoms with E-state index in [2.05, 4.69) is 109 Å². The molecule has 4 heterocycles. The van der Waals surface area contributed by atoms with Gasteiger partial charge >= 0.3 is 5.97 Å². The molecule has 6 rings (SSSR count). The number of hydrogen-bond donors (Lipinski definition) is 2. The Morgan fingerprint density at radius 3 is 1.65 bits per heavy atom. The van der Waals surface area contributed by atoms with Gasteiger partial charge in [-0.05, 0) is 127 Å². The van der Waals surface area contributed by atoms with Crippen LogP contribution in [-0.2, 0) is 20.3 Å². The van der Waals surface area contributed by atoms with Crippen molar-refractivity contribution in [3.8, 4) is 0 Å². The maximum Gasteiger partial charge on any atom is 0.338 e. The van der Waals surface area contributed by atoms with Gasteiger partial charge in [0, 0.05) is 36.8 Å². The van der Waals surface area contributed by atoms with Gasteiger partial charge in [-0.3, -0.25) is 19.1 Å². The summed E-state index contributed by atoms with van der Waals surface area (Å²) in [6, 6.07) is 23.8. The first-order chi connectivity index (χ1) is 30.1. The van der Waals surface area contributed by atoms with Crippen LogP contribution in [0.1, 0.15) is 99.4 Å². The molecule has 2 unspecified atom stereocenters. The monoisotopic (exact) mass is 981 g/mol. The topological polar surface area (TPSA) is 169 Å². The van der Waals surface area contributed by atoms with Crippen LogP contribution in [0, 0.1) is 0 Å². The first kappa shape index (κ1) is 54.8. The first-order valence-electron chi connectivity index (χ1n) is 20.9. The minimum Gasteiger partial charge on any atom is -0.478 e. The van der Waals surface area contributed by atoms with Crippen molar-refractivity contribution in [3.63, 3.8) is 0 Å². The molecule has 0 aliphatic heterocycles. The largest absolute Gasteiger partial charge is 0.478 e. The number of anilines is 1. The minimum absolute atomic E-state index is 0.0231. The number of aromatic carboxylic acids is 1. The summed E-state index contributed by atoms with van der Waals surface area (Å²) in [4.78, 5) is 45.5. The number of nitrogens with zero attached hydrogens (tertiary/aromatic N) is 4. The zero-order valence-electron chi connectivity index (χ0n) is 39.5. The SMILES string of the molecule is CC(O[Si](C)(C)C(C)(C)C)c1cccc(N)c1.COCn1c(=O)c2cccnc2c2ccc(C(C)O[Si](C)(C)C(C)(C)C)cc21.O=C(Cl)c1cccnc1Cl.O=C(O)c1cccnc1Cl. The summed E-state index contributed by atoms with van der Waals surface area (Å²) in [7, 11) is -2.02. The van der Waals surface area contributed by atoms with E-state index < -0.39 is 27.8 Å². The summed E-state index contributed by atoms with van der Waals surface area (Å²) in [5, 5.41) is 9.94. The standard InChI is InChI=1S/C22H30N2O3Si.C14H25NOSi.C6H3Cl2NO.C6H4ClNO2/c1-15(27-28(6,7)22(2,3)4)16-10-11-17-19(13-16)24(14-26-5)21(25)18-9-8-12-23-20(17)18;1-11(12-8-7-9-13(15)10-12)16-17(5,6)14(2,3)4;7-5-4(6(8)10)2-1-3-9-5;7-5-4(6(9)10)2-1-3-8-5/h8-13,15H,14H2,1-7H3;7-11H,15H2,1-6H3;1-3H;1-3H,(H,9,10). The number of carboxylic acid groups (broad SMARTS) is 1. The van der Waals surface area contributed by atoms with E-state index in [0.29, 0.717) is 5.39 Å². The van der Waals surface area contributed by atoms with Gasteiger partial charge in [0.05, 0.1) is 39.8 Å². The Morgan fingerprint density at radius 2 is 1.22 bits per heavy atom. The Balaban J connectivity index is 0.000000256. The van der Waals surface area contributed by atoms with Gasteiger partial charge in [0.2, 0.25) is 0 Å². The molecule has 0 radical (unpaired) electrons. The minimum atomic E-state index is -1.91. The number of halogens is 3. The number of methoxy groups -OCH3 is 1. The second-order valence-electron chi connectivity index (χ2n) is 18.3. The number of pyridine rings is 4. The second-order valence-corrected chi connectivity index (χ2v) is 28.9. The van der Waals surface area contributed by atoms with Crippen LogP contribution in [0.15, 0.2) is 102 Å². The maximum atomic E-state index is 13.0. The normalized spacial score (nSPS) is 12.7. The van der Waals surface area contributed by atoms with Gasteiger partial charge < -0.3 is 24.4 Å². The molecule has 0 spiro atoms. The third-order valence-electron chi connectivity index (χ3n) is 11.5. The summed E-state index contributed by atoms with van der Waals surface area (Å²) in [6.07, 6.45) is 4.70. The number of nitrogens with two attached hydrogens (primary N) is 1. The Kier molecular flexibility index (Phi) is 19.6. The Labute approximate surface area is 399 Å². The van der Waals surface area contributed by atoms with E-state index >= 15 is 0 Å². The number of carbonyl (C=O) groups excluding carboxylic acids is 1. The van der Waals surface area contributed by atoms with Crippen molar-refractivity contribution in [1.82, 2.24) is 19.5 Å². The second kappa shape index (κ2) is 23.3. The number of carbonyl (C=O) groups is 2. The number of benzene rings is 2. The summed E-state index contributed by atoms with van der Waals surface area (Å²) < 4.78 is 19.9. The smallest absolute Gasteiger partial charge is 0.338 e. The van der Waals surface area contributed by atoms with Crippen LogP contribution in [0.25, 0.3) is 21.8 Å². The van der Waals surface area contributed by atoms with Gasteiger partial charge in [-0.15, -0.1) is 0 Å². The van der Waals surface area contributed by atoms with Gasteiger partial charge in [-0.25, -0.2) is 14.8 Å². The van der Waals surface area contributed by atoms with Gasteiger partial charge in [0.1, 0.15) is 17.0 Å². The fraction of sp³-hybridized carbons (Fsp3) is 0.375. The lowest BCUT2D eigenvalue weighted by Crippen LogP contribution is -2.41. The lowest BCUT2D eigenvalue weighted by atomic mass is 10.1. The molecule has 0 aliphatic rings. The average molecular weight is 984 g/mol. The molecule has 4 aromatic heterocycles. The molecule has 12 nitrogen and oxygen atoms in total. The van der Waals surface area contributed by atoms with Gasteiger partial charge in [-0.2, -0.15) is 0 Å². The molecule has 0 bridgehead atoms. The summed E-state index contributed by atoms with van der Waals surface area (Å²) in [5.41, 5.74) is 10.5. The number of fused-ring (bicyclic) bond motifs is 3. The van der Waals surface area contributed by atoms with Crippen molar-refractivity contribution in [3.05, 3.63) is 140 Å². The van der Waals surface area contributed by atoms with Gasteiger partial charge in [-0.1, -0.05) is 89.0 Å². The summed E-state index contributed by atoms with van der Waals surface area (Å²) >= 11 is 16.1. The first-order valence-corrected chi connectivity index (χ1v) is 27.8. The van der Waals surface area contributed by atoms with Crippen molar-refractivity contribution >= 4 is 90.1 Å². The van der Waals surface area contributed by atoms with Crippen LogP contribution >= 0.6 is 34.8 Å². The fourth-order valence-corrected chi connectivity index (χ4v) is 9.15. The molecule has 17 heteroatoms. The summed E-state index contributed by atoms with van der Waals surface area (Å²) in [6.45, 7) is 26.9. The number of ether oxygens (including phenoxy) is 1. The number of carboxylic acids is 1. The highest BCUT2D eigenvalue weighted by Gasteiger charge is 2.39. The number of aromatic nitrogens is 4. The average Bonchev–Trinajstić information content (AvgIpc) is 3.22. The fourth-order valence-electron chi connectivity index (χ4n) is 5.79. The Hall–Kier alpha value is -4.52. The van der Waals surface area contributed by atoms with E-state index in [9.17, 15) is 14.4 Å². The molecule has 2 atom stereocenters. The molecule has 0 fully saturated rings. The van der Waals surface area contributed by atoms with Gasteiger partial charge in [0.25, 0.3) is 10.8 Å². The van der Waals surface area contributed by atoms with E-state index in [4.69, 9.17) is 59.2 Å². The molecule has 3 N–H and O–H groups in total. The zero-order chi connectivity index (χ0) is 49.1. The van der Waals surface area contributed by atoms with Crippen molar-refractivity contribution in [2.45, 2.75) is 111 Å². The molecule has 350 valence electrons. The highest BCUT2D eigenvalue weighted by atomic mass is 35.5. The third-order valence-corrected chi connectivity index (χ3v) is 21.4. The van der Waals surface area contributed by atoms with E-state index in [-0.39, 0.29) is 56.0 Å². The van der Waals surface area contributed by atoms with E-state index in [1.807, 2.05) is 36.4 Å². The maximum absolute atomic E-state index is 13.0. The molecule has 0 amide bonds. The number of nitrogen functional groups attached to an aromatic ring is 1. The Morgan fingerprint density at radius 1 is 0.723 bits per heavy atom. The molecule has 0 aliphatic carbocycles. The van der Waals surface area contributed by atoms with Crippen molar-refractivity contribution < 1.29 is 28.3 Å². The molecular formula is C48H62Cl3N5O7Si2. The van der Waals surface area contributed by atoms with E-state index in [1.54, 1.807) is 30.0 Å². The highest BCUT2D eigenvalue weighted by Crippen LogP contribution is 2.41. The Bertz CT molecular complexity index is 2580. The highest BCUT2D eigenvalue weighted by molar-refractivity contribution is 6.74. The van der Waals surface area contributed by atoms with Gasteiger partial charge in [0.15, 0.2) is 16.6 Å². The predicted octanol–water partition coefficient (Wildman–Crippen LogP) is 13.1.